The van der Waals surface area contributed by atoms with Crippen molar-refractivity contribution in [1.82, 2.24) is 9.88 Å². The monoisotopic (exact) mass is 536 g/mol. The fourth-order valence-electron chi connectivity index (χ4n) is 4.35. The second kappa shape index (κ2) is 10.0. The molecular weight excluding hydrogens is 508 g/mol. The van der Waals surface area contributed by atoms with Gasteiger partial charge in [0.05, 0.1) is 22.2 Å². The van der Waals surface area contributed by atoms with E-state index < -0.39 is 10.0 Å². The number of aromatic nitrogens is 1. The van der Waals surface area contributed by atoms with Crippen LogP contribution < -0.4 is 14.4 Å². The number of methoxy groups -OCH3 is 1. The van der Waals surface area contributed by atoms with Crippen molar-refractivity contribution in [1.29, 1.82) is 0 Å². The smallest absolute Gasteiger partial charge is 0.261 e. The van der Waals surface area contributed by atoms with Gasteiger partial charge in [-0.05, 0) is 67.4 Å². The van der Waals surface area contributed by atoms with Crippen molar-refractivity contribution in [3.8, 4) is 5.75 Å². The van der Waals surface area contributed by atoms with Crippen LogP contribution >= 0.6 is 11.3 Å². The number of sulfonamides is 1. The Kier molecular flexibility index (Phi) is 6.78. The molecule has 0 radical (unpaired) electrons. The second-order valence-electron chi connectivity index (χ2n) is 9.01. The Labute approximate surface area is 220 Å². The van der Waals surface area contributed by atoms with Crippen molar-refractivity contribution in [3.63, 3.8) is 0 Å². The number of nitrogens with zero attached hydrogens (tertiary/aromatic N) is 3. The SMILES string of the molecule is COc1ccc(S(=O)(=O)Nc2cccc(C(=O)N3CCN(c4nc5c(C)ccc(C)c5s4)CC3)c2)cc1. The van der Waals surface area contributed by atoms with Gasteiger partial charge in [0.2, 0.25) is 0 Å². The number of benzene rings is 3. The van der Waals surface area contributed by atoms with Gasteiger partial charge in [-0.25, -0.2) is 13.4 Å². The lowest BCUT2D eigenvalue weighted by Gasteiger charge is -2.34. The maximum Gasteiger partial charge on any atom is 0.261 e. The lowest BCUT2D eigenvalue weighted by atomic mass is 10.1. The molecule has 0 aliphatic carbocycles. The highest BCUT2D eigenvalue weighted by molar-refractivity contribution is 7.92. The standard InChI is InChI=1S/C27H28N4O4S2/c1-18-7-8-19(2)25-24(18)28-27(36-25)31-15-13-30(14-16-31)26(32)20-5-4-6-21(17-20)29-37(33,34)23-11-9-22(35-3)10-12-23/h4-12,17,29H,13-16H2,1-3H3. The normalized spacial score (nSPS) is 14.1. The van der Waals surface area contributed by atoms with Crippen molar-refractivity contribution in [2.45, 2.75) is 18.7 Å². The molecule has 8 nitrogen and oxygen atoms in total. The molecule has 37 heavy (non-hydrogen) atoms. The van der Waals surface area contributed by atoms with Crippen LogP contribution in [0.25, 0.3) is 10.2 Å². The summed E-state index contributed by atoms with van der Waals surface area (Å²) < 4.78 is 34.5. The topological polar surface area (TPSA) is 91.8 Å². The molecule has 10 heteroatoms. The van der Waals surface area contributed by atoms with Gasteiger partial charge < -0.3 is 14.5 Å². The summed E-state index contributed by atoms with van der Waals surface area (Å²) in [6, 6.07) is 17.0. The molecule has 192 valence electrons. The molecule has 0 atom stereocenters. The number of fused-ring (bicyclic) bond motifs is 1. The molecule has 4 aromatic rings. The molecule has 1 aliphatic rings. The average Bonchev–Trinajstić information content (AvgIpc) is 3.37. The van der Waals surface area contributed by atoms with Crippen LogP contribution in [0.15, 0.2) is 65.6 Å². The molecule has 5 rings (SSSR count). The van der Waals surface area contributed by atoms with E-state index in [0.29, 0.717) is 43.2 Å². The molecule has 0 saturated carbocycles. The summed E-state index contributed by atoms with van der Waals surface area (Å²) in [5.41, 5.74) is 4.21. The number of thiazole rings is 1. The number of carbonyl (C=O) groups excluding carboxylic acids is 1. The first-order valence-corrected chi connectivity index (χ1v) is 14.2. The zero-order valence-corrected chi connectivity index (χ0v) is 22.5. The molecule has 1 fully saturated rings. The van der Waals surface area contributed by atoms with Crippen molar-refractivity contribution in [3.05, 3.63) is 77.4 Å². The summed E-state index contributed by atoms with van der Waals surface area (Å²) >= 11 is 1.70. The fourth-order valence-corrected chi connectivity index (χ4v) is 6.56. The third-order valence-electron chi connectivity index (χ3n) is 6.50. The zero-order valence-electron chi connectivity index (χ0n) is 20.9. The number of aryl methyl sites for hydroxylation is 2. The quantitative estimate of drug-likeness (QED) is 0.385. The Morgan fingerprint density at radius 2 is 1.68 bits per heavy atom. The largest absolute Gasteiger partial charge is 0.497 e. The molecular formula is C27H28N4O4S2. The van der Waals surface area contributed by atoms with E-state index in [1.807, 2.05) is 0 Å². The van der Waals surface area contributed by atoms with Crippen LogP contribution in [-0.4, -0.2) is 57.5 Å². The predicted octanol–water partition coefficient (Wildman–Crippen LogP) is 4.68. The Hall–Kier alpha value is -3.63. The molecule has 3 aromatic carbocycles. The molecule has 0 spiro atoms. The van der Waals surface area contributed by atoms with E-state index in [0.717, 1.165) is 10.6 Å². The summed E-state index contributed by atoms with van der Waals surface area (Å²) in [6.07, 6.45) is 0. The number of amides is 1. The second-order valence-corrected chi connectivity index (χ2v) is 11.7. The number of rotatable bonds is 6. The first-order chi connectivity index (χ1) is 17.7. The van der Waals surface area contributed by atoms with Gasteiger partial charge in [0.25, 0.3) is 15.9 Å². The van der Waals surface area contributed by atoms with Crippen molar-refractivity contribution >= 4 is 48.3 Å². The highest BCUT2D eigenvalue weighted by atomic mass is 32.2. The Bertz CT molecular complexity index is 1520. The molecule has 1 N–H and O–H groups in total. The van der Waals surface area contributed by atoms with Gasteiger partial charge in [-0.3, -0.25) is 9.52 Å². The predicted molar refractivity (Wildman–Crippen MR) is 147 cm³/mol. The van der Waals surface area contributed by atoms with Crippen LogP contribution in [0.4, 0.5) is 10.8 Å². The number of nitrogens with one attached hydrogen (secondary N) is 1. The van der Waals surface area contributed by atoms with Crippen molar-refractivity contribution in [2.75, 3.05) is 42.9 Å². The number of anilines is 2. The lowest BCUT2D eigenvalue weighted by molar-refractivity contribution is 0.0747. The summed E-state index contributed by atoms with van der Waals surface area (Å²) in [5, 5.41) is 0.981. The van der Waals surface area contributed by atoms with Gasteiger partial charge in [0.15, 0.2) is 5.13 Å². The van der Waals surface area contributed by atoms with Crippen molar-refractivity contribution in [2.24, 2.45) is 0 Å². The molecule has 1 aromatic heterocycles. The first kappa shape index (κ1) is 25.0. The number of hydrogen-bond acceptors (Lipinski definition) is 7. The minimum absolute atomic E-state index is 0.112. The van der Waals surface area contributed by atoms with Crippen LogP contribution in [0.5, 0.6) is 5.75 Å². The number of hydrogen-bond donors (Lipinski definition) is 1. The third-order valence-corrected chi connectivity index (χ3v) is 9.15. The summed E-state index contributed by atoms with van der Waals surface area (Å²) in [4.78, 5) is 22.3. The van der Waals surface area contributed by atoms with Crippen LogP contribution in [0.2, 0.25) is 0 Å². The Balaban J connectivity index is 1.26. The van der Waals surface area contributed by atoms with Crippen molar-refractivity contribution < 1.29 is 17.9 Å². The summed E-state index contributed by atoms with van der Waals surface area (Å²) in [6.45, 7) is 6.68. The van der Waals surface area contributed by atoms with Crippen LogP contribution in [-0.2, 0) is 10.0 Å². The number of ether oxygens (including phenoxy) is 1. The molecule has 2 heterocycles. The van der Waals surface area contributed by atoms with Gasteiger partial charge in [0, 0.05) is 37.4 Å². The van der Waals surface area contributed by atoms with E-state index in [1.54, 1.807) is 52.6 Å². The minimum Gasteiger partial charge on any atom is -0.497 e. The summed E-state index contributed by atoms with van der Waals surface area (Å²) in [7, 11) is -2.28. The van der Waals surface area contributed by atoms with E-state index in [2.05, 4.69) is 35.6 Å². The van der Waals surface area contributed by atoms with Gasteiger partial charge in [-0.1, -0.05) is 29.5 Å². The van der Waals surface area contributed by atoms with Gasteiger partial charge in [0.1, 0.15) is 5.75 Å². The van der Waals surface area contributed by atoms with Crippen LogP contribution in [0.3, 0.4) is 0 Å². The van der Waals surface area contributed by atoms with E-state index in [4.69, 9.17) is 9.72 Å². The fraction of sp³-hybridized carbons (Fsp3) is 0.259. The van der Waals surface area contributed by atoms with E-state index >= 15 is 0 Å². The van der Waals surface area contributed by atoms with Crippen LogP contribution in [0, 0.1) is 13.8 Å². The van der Waals surface area contributed by atoms with E-state index in [-0.39, 0.29) is 10.8 Å². The highest BCUT2D eigenvalue weighted by Gasteiger charge is 2.25. The minimum atomic E-state index is -3.80. The zero-order chi connectivity index (χ0) is 26.2. The average molecular weight is 537 g/mol. The van der Waals surface area contributed by atoms with Gasteiger partial charge in [-0.15, -0.1) is 0 Å². The third kappa shape index (κ3) is 5.12. The van der Waals surface area contributed by atoms with E-state index in [1.165, 1.54) is 35.1 Å². The summed E-state index contributed by atoms with van der Waals surface area (Å²) in [5.74, 6) is 0.445. The molecule has 1 saturated heterocycles. The molecule has 0 bridgehead atoms. The maximum atomic E-state index is 13.2. The Morgan fingerprint density at radius 3 is 2.35 bits per heavy atom. The lowest BCUT2D eigenvalue weighted by Crippen LogP contribution is -2.48. The number of carbonyl (C=O) groups is 1. The van der Waals surface area contributed by atoms with E-state index in [9.17, 15) is 13.2 Å². The first-order valence-electron chi connectivity index (χ1n) is 11.9. The molecule has 1 amide bonds. The highest BCUT2D eigenvalue weighted by Crippen LogP contribution is 2.33. The number of piperazine rings is 1. The van der Waals surface area contributed by atoms with Crippen LogP contribution in [0.1, 0.15) is 21.5 Å². The van der Waals surface area contributed by atoms with Gasteiger partial charge >= 0.3 is 0 Å². The van der Waals surface area contributed by atoms with Gasteiger partial charge in [-0.2, -0.15) is 0 Å². The molecule has 1 aliphatic heterocycles. The molecule has 0 unspecified atom stereocenters. The Morgan fingerprint density at radius 1 is 0.973 bits per heavy atom. The maximum absolute atomic E-state index is 13.2.